The zero-order valence-electron chi connectivity index (χ0n) is 15.3. The van der Waals surface area contributed by atoms with Crippen molar-refractivity contribution in [3.63, 3.8) is 0 Å². The Labute approximate surface area is 158 Å². The van der Waals surface area contributed by atoms with Gasteiger partial charge in [-0.3, -0.25) is 9.59 Å². The standard InChI is InChI=1S/C18H23N3O5S/c1-26-11-13-9-17(22)20-16-10-14(3-4-15(13)16)19-18(23)12-5-7-21(8-6-12)27(2,24)25/h3-4,9-10,12,15H,5-8,11H2,1-2H3,(H,20,22). The number of carbonyl (C=O) groups excluding carboxylic acids is 2. The second kappa shape index (κ2) is 7.87. The van der Waals surface area contributed by atoms with Crippen molar-refractivity contribution in [2.45, 2.75) is 12.8 Å². The van der Waals surface area contributed by atoms with E-state index in [4.69, 9.17) is 4.74 Å². The number of piperidine rings is 1. The molecule has 1 N–H and O–H groups in total. The molecule has 2 aliphatic heterocycles. The van der Waals surface area contributed by atoms with Crippen LogP contribution in [0.4, 0.5) is 0 Å². The predicted molar refractivity (Wildman–Crippen MR) is 100 cm³/mol. The van der Waals surface area contributed by atoms with Gasteiger partial charge in [0.05, 0.1) is 18.6 Å². The van der Waals surface area contributed by atoms with Crippen LogP contribution in [-0.2, 0) is 24.3 Å². The summed E-state index contributed by atoms with van der Waals surface area (Å²) in [5.41, 5.74) is 2.01. The highest BCUT2D eigenvalue weighted by molar-refractivity contribution is 7.88. The van der Waals surface area contributed by atoms with Gasteiger partial charge in [0.1, 0.15) is 0 Å². The zero-order chi connectivity index (χ0) is 19.6. The summed E-state index contributed by atoms with van der Waals surface area (Å²) < 4.78 is 29.7. The molecule has 0 bridgehead atoms. The number of aliphatic imine (C=N–C) groups is 1. The van der Waals surface area contributed by atoms with Crippen LogP contribution in [0.2, 0.25) is 0 Å². The first-order chi connectivity index (χ1) is 12.8. The molecule has 8 nitrogen and oxygen atoms in total. The molecule has 9 heteroatoms. The van der Waals surface area contributed by atoms with E-state index in [1.165, 1.54) is 16.6 Å². The number of nitrogens with one attached hydrogen (secondary N) is 1. The lowest BCUT2D eigenvalue weighted by Crippen LogP contribution is -2.39. The Morgan fingerprint density at radius 1 is 1.33 bits per heavy atom. The third kappa shape index (κ3) is 4.60. The van der Waals surface area contributed by atoms with E-state index in [1.54, 1.807) is 19.3 Å². The van der Waals surface area contributed by atoms with E-state index >= 15 is 0 Å². The Morgan fingerprint density at radius 2 is 2.04 bits per heavy atom. The molecule has 0 spiro atoms. The van der Waals surface area contributed by atoms with Crippen LogP contribution in [-0.4, -0.2) is 63.3 Å². The lowest BCUT2D eigenvalue weighted by Gasteiger charge is -2.29. The van der Waals surface area contributed by atoms with Gasteiger partial charge in [-0.15, -0.1) is 0 Å². The molecule has 1 unspecified atom stereocenters. The average Bonchev–Trinajstić information content (AvgIpc) is 2.61. The Morgan fingerprint density at radius 3 is 2.67 bits per heavy atom. The van der Waals surface area contributed by atoms with Crippen LogP contribution in [0.3, 0.4) is 0 Å². The van der Waals surface area contributed by atoms with Crippen LogP contribution < -0.4 is 5.32 Å². The minimum absolute atomic E-state index is 0.0882. The number of amides is 2. The minimum Gasteiger partial charge on any atom is -0.380 e. The maximum atomic E-state index is 12.5. The summed E-state index contributed by atoms with van der Waals surface area (Å²) in [5, 5.41) is 2.79. The van der Waals surface area contributed by atoms with Gasteiger partial charge in [0, 0.05) is 43.8 Å². The normalized spacial score (nSPS) is 25.6. The molecule has 0 aromatic rings. The molecule has 0 aromatic heterocycles. The zero-order valence-corrected chi connectivity index (χ0v) is 16.2. The van der Waals surface area contributed by atoms with Crippen molar-refractivity contribution in [1.82, 2.24) is 9.62 Å². The van der Waals surface area contributed by atoms with Crippen molar-refractivity contribution in [3.05, 3.63) is 35.6 Å². The van der Waals surface area contributed by atoms with Crippen molar-refractivity contribution in [2.75, 3.05) is 33.1 Å². The fraction of sp³-hybridized carbons (Fsp3) is 0.500. The minimum atomic E-state index is -3.22. The SMILES string of the molecule is COCC1=CC(=O)NC2=CC(=NC(=O)C3CCN(S(C)(=O)=O)CC3)C=CC12. The first kappa shape index (κ1) is 19.7. The van der Waals surface area contributed by atoms with Crippen LogP contribution in [0.25, 0.3) is 0 Å². The number of hydrogen-bond donors (Lipinski definition) is 1. The summed E-state index contributed by atoms with van der Waals surface area (Å²) >= 11 is 0. The fourth-order valence-electron chi connectivity index (χ4n) is 3.49. The molecule has 1 atom stereocenters. The number of methoxy groups -OCH3 is 1. The topological polar surface area (TPSA) is 105 Å². The van der Waals surface area contributed by atoms with Crippen LogP contribution >= 0.6 is 0 Å². The lowest BCUT2D eigenvalue weighted by atomic mass is 9.88. The van der Waals surface area contributed by atoms with Crippen LogP contribution in [0, 0.1) is 11.8 Å². The van der Waals surface area contributed by atoms with Crippen molar-refractivity contribution in [3.8, 4) is 0 Å². The van der Waals surface area contributed by atoms with Gasteiger partial charge >= 0.3 is 0 Å². The van der Waals surface area contributed by atoms with Crippen molar-refractivity contribution in [2.24, 2.45) is 16.8 Å². The van der Waals surface area contributed by atoms with Crippen LogP contribution in [0.5, 0.6) is 0 Å². The van der Waals surface area contributed by atoms with E-state index < -0.39 is 10.0 Å². The van der Waals surface area contributed by atoms with E-state index in [9.17, 15) is 18.0 Å². The molecular weight excluding hydrogens is 370 g/mol. The Balaban J connectivity index is 1.69. The summed E-state index contributed by atoms with van der Waals surface area (Å²) in [6.07, 6.45) is 8.98. The van der Waals surface area contributed by atoms with Crippen LogP contribution in [0.15, 0.2) is 40.6 Å². The Hall–Kier alpha value is -2.10. The number of ether oxygens (including phenoxy) is 1. The van der Waals surface area contributed by atoms with Gasteiger partial charge < -0.3 is 10.1 Å². The van der Waals surface area contributed by atoms with Crippen molar-refractivity contribution in [1.29, 1.82) is 0 Å². The summed E-state index contributed by atoms with van der Waals surface area (Å²) in [4.78, 5) is 28.5. The third-order valence-electron chi connectivity index (χ3n) is 4.90. The molecule has 3 aliphatic rings. The van der Waals surface area contributed by atoms with Gasteiger partial charge in [-0.2, -0.15) is 0 Å². The molecule has 1 aliphatic carbocycles. The summed E-state index contributed by atoms with van der Waals surface area (Å²) in [5.74, 6) is -0.855. The molecule has 0 saturated carbocycles. The third-order valence-corrected chi connectivity index (χ3v) is 6.21. The Kier molecular flexibility index (Phi) is 5.73. The highest BCUT2D eigenvalue weighted by Crippen LogP contribution is 2.27. The largest absolute Gasteiger partial charge is 0.380 e. The average molecular weight is 393 g/mol. The second-order valence-electron chi connectivity index (χ2n) is 6.89. The van der Waals surface area contributed by atoms with Gasteiger partial charge in [-0.25, -0.2) is 17.7 Å². The monoisotopic (exact) mass is 393 g/mol. The van der Waals surface area contributed by atoms with Gasteiger partial charge in [0.15, 0.2) is 0 Å². The maximum Gasteiger partial charge on any atom is 0.249 e. The first-order valence-electron chi connectivity index (χ1n) is 8.76. The molecule has 1 fully saturated rings. The molecule has 3 rings (SSSR count). The summed E-state index contributed by atoms with van der Waals surface area (Å²) in [6.45, 7) is 1.02. The molecule has 0 aromatic carbocycles. The number of rotatable bonds is 4. The number of allylic oxidation sites excluding steroid dienone is 3. The highest BCUT2D eigenvalue weighted by atomic mass is 32.2. The van der Waals surface area contributed by atoms with E-state index in [0.29, 0.717) is 43.9 Å². The van der Waals surface area contributed by atoms with Gasteiger partial charge in [0.25, 0.3) is 0 Å². The lowest BCUT2D eigenvalue weighted by molar-refractivity contribution is -0.122. The van der Waals surface area contributed by atoms with E-state index in [0.717, 1.165) is 5.57 Å². The van der Waals surface area contributed by atoms with Gasteiger partial charge in [0.2, 0.25) is 21.8 Å². The number of fused-ring (bicyclic) bond motifs is 1. The number of hydrogen-bond acceptors (Lipinski definition) is 5. The maximum absolute atomic E-state index is 12.5. The number of sulfonamides is 1. The fourth-order valence-corrected chi connectivity index (χ4v) is 4.36. The number of nitrogens with zero attached hydrogens (tertiary/aromatic N) is 2. The molecule has 1 saturated heterocycles. The molecule has 146 valence electrons. The molecular formula is C18H23N3O5S. The summed E-state index contributed by atoms with van der Waals surface area (Å²) in [6, 6.07) is 0. The predicted octanol–water partition coefficient (Wildman–Crippen LogP) is 0.398. The van der Waals surface area contributed by atoms with E-state index in [-0.39, 0.29) is 23.7 Å². The highest BCUT2D eigenvalue weighted by Gasteiger charge is 2.30. The molecule has 2 amide bonds. The van der Waals surface area contributed by atoms with Gasteiger partial charge in [-0.1, -0.05) is 6.08 Å². The number of carbonyl (C=O) groups is 2. The van der Waals surface area contributed by atoms with Crippen molar-refractivity contribution >= 4 is 27.5 Å². The van der Waals surface area contributed by atoms with E-state index in [1.807, 2.05) is 6.08 Å². The first-order valence-corrected chi connectivity index (χ1v) is 10.6. The quantitative estimate of drug-likeness (QED) is 0.744. The Bertz CT molecular complexity index is 861. The van der Waals surface area contributed by atoms with Crippen molar-refractivity contribution < 1.29 is 22.7 Å². The molecule has 0 radical (unpaired) electrons. The van der Waals surface area contributed by atoms with E-state index in [2.05, 4.69) is 10.3 Å². The summed E-state index contributed by atoms with van der Waals surface area (Å²) in [7, 11) is -1.65. The smallest absolute Gasteiger partial charge is 0.249 e. The second-order valence-corrected chi connectivity index (χ2v) is 8.87. The van der Waals surface area contributed by atoms with Crippen LogP contribution in [0.1, 0.15) is 12.8 Å². The van der Waals surface area contributed by atoms with Gasteiger partial charge in [-0.05, 0) is 30.6 Å². The molecule has 2 heterocycles. The molecule has 27 heavy (non-hydrogen) atoms.